The van der Waals surface area contributed by atoms with Gasteiger partial charge in [0, 0.05) is 10.7 Å². The highest BCUT2D eigenvalue weighted by molar-refractivity contribution is 6.30. The Labute approximate surface area is 156 Å². The summed E-state index contributed by atoms with van der Waals surface area (Å²) in [6, 6.07) is 14.2. The molecule has 0 radical (unpaired) electrons. The lowest BCUT2D eigenvalue weighted by atomic mass is 9.78. The number of carboxylic acid groups (broad SMARTS) is 1. The summed E-state index contributed by atoms with van der Waals surface area (Å²) in [5, 5.41) is 12.3. The number of hydrogen-bond acceptors (Lipinski definition) is 3. The van der Waals surface area contributed by atoms with E-state index in [0.29, 0.717) is 16.5 Å². The zero-order chi connectivity index (χ0) is 18.6. The van der Waals surface area contributed by atoms with Crippen molar-refractivity contribution in [1.82, 2.24) is 0 Å². The second-order valence-electron chi connectivity index (χ2n) is 6.46. The van der Waals surface area contributed by atoms with Crippen LogP contribution in [0.15, 0.2) is 48.5 Å². The summed E-state index contributed by atoms with van der Waals surface area (Å²) in [5.74, 6) is -0.622. The average Bonchev–Trinajstić information content (AvgIpc) is 3.13. The summed E-state index contributed by atoms with van der Waals surface area (Å²) in [4.78, 5) is 23.6. The molecule has 2 N–H and O–H groups in total. The van der Waals surface area contributed by atoms with E-state index in [1.54, 1.807) is 24.3 Å². The van der Waals surface area contributed by atoms with E-state index in [0.717, 1.165) is 31.2 Å². The molecule has 6 heteroatoms. The molecule has 26 heavy (non-hydrogen) atoms. The van der Waals surface area contributed by atoms with Crippen molar-refractivity contribution < 1.29 is 19.4 Å². The highest BCUT2D eigenvalue weighted by atomic mass is 35.5. The molecule has 1 fully saturated rings. The van der Waals surface area contributed by atoms with Gasteiger partial charge in [0.1, 0.15) is 5.75 Å². The quantitative estimate of drug-likeness (QED) is 0.793. The summed E-state index contributed by atoms with van der Waals surface area (Å²) in [6.45, 7) is -0.397. The van der Waals surface area contributed by atoms with Gasteiger partial charge >= 0.3 is 5.97 Å². The summed E-state index contributed by atoms with van der Waals surface area (Å²) in [6.07, 6.45) is 3.64. The first-order chi connectivity index (χ1) is 12.5. The van der Waals surface area contributed by atoms with Crippen LogP contribution >= 0.6 is 11.6 Å². The molecule has 0 aromatic heterocycles. The van der Waals surface area contributed by atoms with Crippen LogP contribution in [0.25, 0.3) is 0 Å². The number of halogens is 1. The molecule has 1 amide bonds. The van der Waals surface area contributed by atoms with Gasteiger partial charge in [0.2, 0.25) is 5.91 Å². The lowest BCUT2D eigenvalue weighted by Crippen LogP contribution is -2.37. The van der Waals surface area contributed by atoms with Gasteiger partial charge in [0.25, 0.3) is 0 Å². The molecule has 0 unspecified atom stereocenters. The Balaban J connectivity index is 1.74. The number of hydrogen-bond donors (Lipinski definition) is 2. The Kier molecular flexibility index (Phi) is 5.47. The first kappa shape index (κ1) is 18.3. The molecule has 1 aliphatic rings. The van der Waals surface area contributed by atoms with Crippen LogP contribution in [0.5, 0.6) is 5.75 Å². The minimum Gasteiger partial charge on any atom is -0.482 e. The van der Waals surface area contributed by atoms with E-state index in [4.69, 9.17) is 21.4 Å². The summed E-state index contributed by atoms with van der Waals surface area (Å²) in [5.41, 5.74) is 1.10. The van der Waals surface area contributed by atoms with E-state index in [2.05, 4.69) is 5.32 Å². The third kappa shape index (κ3) is 3.99. The molecule has 2 aromatic carbocycles. The smallest absolute Gasteiger partial charge is 0.341 e. The minimum absolute atomic E-state index is 0.0310. The van der Waals surface area contributed by atoms with Gasteiger partial charge in [-0.05, 0) is 54.8 Å². The first-order valence-corrected chi connectivity index (χ1v) is 8.89. The number of rotatable bonds is 6. The van der Waals surface area contributed by atoms with Crippen LogP contribution in [0.3, 0.4) is 0 Å². The number of anilines is 1. The molecular weight excluding hydrogens is 354 g/mol. The van der Waals surface area contributed by atoms with E-state index in [1.807, 2.05) is 24.3 Å². The first-order valence-electron chi connectivity index (χ1n) is 8.52. The molecule has 0 heterocycles. The number of benzene rings is 2. The second kappa shape index (κ2) is 7.79. The van der Waals surface area contributed by atoms with Crippen molar-refractivity contribution in [1.29, 1.82) is 0 Å². The lowest BCUT2D eigenvalue weighted by Gasteiger charge is -2.28. The zero-order valence-electron chi connectivity index (χ0n) is 14.2. The van der Waals surface area contributed by atoms with E-state index >= 15 is 0 Å². The SMILES string of the molecule is O=C(O)COc1ccc(NC(=O)C2(c3ccc(Cl)cc3)CCCC2)cc1. The van der Waals surface area contributed by atoms with E-state index in [-0.39, 0.29) is 5.91 Å². The third-order valence-corrected chi connectivity index (χ3v) is 5.02. The fourth-order valence-electron chi connectivity index (χ4n) is 3.42. The number of aliphatic carboxylic acids is 1. The third-order valence-electron chi connectivity index (χ3n) is 4.76. The minimum atomic E-state index is -1.03. The molecule has 2 aromatic rings. The van der Waals surface area contributed by atoms with Crippen molar-refractivity contribution in [3.05, 3.63) is 59.1 Å². The molecular formula is C20H20ClNO4. The Morgan fingerprint density at radius 1 is 1.04 bits per heavy atom. The highest BCUT2D eigenvalue weighted by Gasteiger charge is 2.42. The summed E-state index contributed by atoms with van der Waals surface area (Å²) < 4.78 is 5.10. The van der Waals surface area contributed by atoms with Gasteiger partial charge in [-0.3, -0.25) is 4.79 Å². The van der Waals surface area contributed by atoms with Gasteiger partial charge in [-0.25, -0.2) is 4.79 Å². The van der Waals surface area contributed by atoms with Gasteiger partial charge in [-0.15, -0.1) is 0 Å². The predicted molar refractivity (Wildman–Crippen MR) is 99.8 cm³/mol. The van der Waals surface area contributed by atoms with Crippen LogP contribution < -0.4 is 10.1 Å². The van der Waals surface area contributed by atoms with Crippen molar-refractivity contribution in [2.45, 2.75) is 31.1 Å². The van der Waals surface area contributed by atoms with Gasteiger partial charge in [0.05, 0.1) is 5.41 Å². The maximum Gasteiger partial charge on any atom is 0.341 e. The molecule has 136 valence electrons. The molecule has 0 atom stereocenters. The Bertz CT molecular complexity index is 780. The van der Waals surface area contributed by atoms with Crippen LogP contribution in [0.1, 0.15) is 31.2 Å². The number of carbonyl (C=O) groups is 2. The van der Waals surface area contributed by atoms with Crippen molar-refractivity contribution in [2.75, 3.05) is 11.9 Å². The van der Waals surface area contributed by atoms with Crippen LogP contribution in [-0.2, 0) is 15.0 Å². The number of carboxylic acids is 1. The van der Waals surface area contributed by atoms with Gasteiger partial charge in [0.15, 0.2) is 6.61 Å². The fraction of sp³-hybridized carbons (Fsp3) is 0.300. The van der Waals surface area contributed by atoms with Crippen LogP contribution in [0, 0.1) is 0 Å². The molecule has 5 nitrogen and oxygen atoms in total. The molecule has 0 spiro atoms. The molecule has 1 saturated carbocycles. The monoisotopic (exact) mass is 373 g/mol. The van der Waals surface area contributed by atoms with E-state index in [1.165, 1.54) is 0 Å². The zero-order valence-corrected chi connectivity index (χ0v) is 15.0. The topological polar surface area (TPSA) is 75.6 Å². The summed E-state index contributed by atoms with van der Waals surface area (Å²) >= 11 is 5.98. The Morgan fingerprint density at radius 2 is 1.65 bits per heavy atom. The largest absolute Gasteiger partial charge is 0.482 e. The number of carbonyl (C=O) groups excluding carboxylic acids is 1. The van der Waals surface area contributed by atoms with Gasteiger partial charge in [-0.2, -0.15) is 0 Å². The van der Waals surface area contributed by atoms with Crippen LogP contribution in [-0.4, -0.2) is 23.6 Å². The van der Waals surface area contributed by atoms with Crippen LogP contribution in [0.4, 0.5) is 5.69 Å². The number of ether oxygens (including phenoxy) is 1. The molecule has 1 aliphatic carbocycles. The molecule has 3 rings (SSSR count). The maximum absolute atomic E-state index is 13.1. The number of nitrogens with one attached hydrogen (secondary N) is 1. The Morgan fingerprint density at radius 3 is 2.23 bits per heavy atom. The van der Waals surface area contributed by atoms with Crippen molar-refractivity contribution in [3.63, 3.8) is 0 Å². The Hall–Kier alpha value is -2.53. The van der Waals surface area contributed by atoms with Gasteiger partial charge < -0.3 is 15.2 Å². The van der Waals surface area contributed by atoms with E-state index < -0.39 is 18.0 Å². The molecule has 0 saturated heterocycles. The molecule has 0 aliphatic heterocycles. The predicted octanol–water partition coefficient (Wildman–Crippen LogP) is 4.25. The van der Waals surface area contributed by atoms with Crippen molar-refractivity contribution in [3.8, 4) is 5.75 Å². The van der Waals surface area contributed by atoms with E-state index in [9.17, 15) is 9.59 Å². The molecule has 0 bridgehead atoms. The van der Waals surface area contributed by atoms with Crippen molar-refractivity contribution >= 4 is 29.2 Å². The highest BCUT2D eigenvalue weighted by Crippen LogP contribution is 2.42. The summed E-state index contributed by atoms with van der Waals surface area (Å²) in [7, 11) is 0. The number of amides is 1. The fourth-order valence-corrected chi connectivity index (χ4v) is 3.55. The van der Waals surface area contributed by atoms with Gasteiger partial charge in [-0.1, -0.05) is 36.6 Å². The van der Waals surface area contributed by atoms with Crippen LogP contribution in [0.2, 0.25) is 5.02 Å². The standard InChI is InChI=1S/C20H20ClNO4/c21-15-5-3-14(4-6-15)20(11-1-2-12-20)19(25)22-16-7-9-17(10-8-16)26-13-18(23)24/h3-10H,1-2,11-13H2,(H,22,25)(H,23,24). The average molecular weight is 374 g/mol. The maximum atomic E-state index is 13.1. The second-order valence-corrected chi connectivity index (χ2v) is 6.89. The van der Waals surface area contributed by atoms with Crippen molar-refractivity contribution in [2.24, 2.45) is 0 Å². The lowest BCUT2D eigenvalue weighted by molar-refractivity contribution is -0.139. The normalized spacial score (nSPS) is 15.4.